The summed E-state index contributed by atoms with van der Waals surface area (Å²) in [5.74, 6) is -0.147. The molecular weight excluding hydrogens is 395 g/mol. The molecule has 0 amide bonds. The summed E-state index contributed by atoms with van der Waals surface area (Å²) in [5, 5.41) is 5.40. The molecule has 0 saturated heterocycles. The van der Waals surface area contributed by atoms with Gasteiger partial charge in [0.15, 0.2) is 22.7 Å². The Morgan fingerprint density at radius 2 is 1.10 bits per heavy atom. The highest BCUT2D eigenvalue weighted by Crippen LogP contribution is 2.42. The minimum atomic E-state index is -1.39. The zero-order valence-electron chi connectivity index (χ0n) is 16.9. The van der Waals surface area contributed by atoms with Crippen molar-refractivity contribution in [3.8, 4) is 0 Å². The number of hydrogen-bond acceptors (Lipinski definition) is 4. The normalized spacial score (nSPS) is 11.4. The zero-order chi connectivity index (χ0) is 21.0. The first-order chi connectivity index (χ1) is 14.5. The summed E-state index contributed by atoms with van der Waals surface area (Å²) in [7, 11) is -1.39. The van der Waals surface area contributed by atoms with Crippen LogP contribution in [0, 0.1) is 0 Å². The van der Waals surface area contributed by atoms with Crippen LogP contribution in [0.25, 0.3) is 43.5 Å². The van der Waals surface area contributed by atoms with Crippen molar-refractivity contribution in [1.82, 2.24) is 0 Å². The van der Waals surface area contributed by atoms with Gasteiger partial charge in [-0.25, -0.2) is 0 Å². The molecule has 0 bridgehead atoms. The van der Waals surface area contributed by atoms with Gasteiger partial charge in [-0.1, -0.05) is 48.5 Å². The molecule has 0 unspecified atom stereocenters. The highest BCUT2D eigenvalue weighted by Gasteiger charge is 2.20. The van der Waals surface area contributed by atoms with E-state index in [4.69, 9.17) is 8.39 Å². The molecule has 4 nitrogen and oxygen atoms in total. The van der Waals surface area contributed by atoms with E-state index in [1.807, 2.05) is 67.3 Å². The van der Waals surface area contributed by atoms with E-state index in [-0.39, 0.29) is 11.6 Å². The first kappa shape index (κ1) is 18.7. The van der Waals surface area contributed by atoms with Crippen LogP contribution in [0.4, 0.5) is 0 Å². The summed E-state index contributed by atoms with van der Waals surface area (Å²) in [5.41, 5.74) is 2.09. The topological polar surface area (TPSA) is 60.4 Å². The number of benzene rings is 4. The van der Waals surface area contributed by atoms with Crippen LogP contribution in [0.3, 0.4) is 0 Å². The molecule has 148 valence electrons. The molecule has 0 spiro atoms. The highest BCUT2D eigenvalue weighted by molar-refractivity contribution is 7.35. The number of rotatable bonds is 2. The van der Waals surface area contributed by atoms with Gasteiger partial charge in [0.1, 0.15) is 0 Å². The molecule has 0 aliphatic heterocycles. The van der Waals surface area contributed by atoms with E-state index < -0.39 is 8.01 Å². The first-order valence-corrected chi connectivity index (χ1v) is 11.3. The van der Waals surface area contributed by atoms with E-state index in [1.165, 1.54) is 0 Å². The Hall–Kier alpha value is -3.36. The second kappa shape index (κ2) is 6.86. The summed E-state index contributed by atoms with van der Waals surface area (Å²) < 4.78 is 12.5. The predicted molar refractivity (Wildman–Crippen MR) is 122 cm³/mol. The molecule has 0 aliphatic rings. The fourth-order valence-corrected chi connectivity index (χ4v) is 5.07. The van der Waals surface area contributed by atoms with Crippen LogP contribution in [-0.4, -0.2) is 11.6 Å². The lowest BCUT2D eigenvalue weighted by Gasteiger charge is -2.09. The molecule has 30 heavy (non-hydrogen) atoms. The van der Waals surface area contributed by atoms with E-state index in [9.17, 15) is 9.59 Å². The quantitative estimate of drug-likeness (QED) is 0.280. The Balaban J connectivity index is 2.27. The minimum Gasteiger partial charge on any atom is -0.418 e. The van der Waals surface area contributed by atoms with Gasteiger partial charge in [-0.05, 0) is 47.5 Å². The van der Waals surface area contributed by atoms with Gasteiger partial charge < -0.3 is 8.39 Å². The van der Waals surface area contributed by atoms with Gasteiger partial charge in [-0.15, -0.1) is 0 Å². The molecule has 0 radical (unpaired) electrons. The third-order valence-electron chi connectivity index (χ3n) is 5.45. The largest absolute Gasteiger partial charge is 0.418 e. The number of Topliss-reactive ketones (excluding diaryl/α,β-unsaturated/α-hetero) is 2. The SMILES string of the molecule is CC(=O)c1cc2ccccc2c2c1op(C)oc1c(C(C)=O)cc3ccccc3c12. The standard InChI is InChI=1S/C25H19O4P/c1-14(26)20-12-16-8-4-6-10-18(16)22-23-19-11-7-5-9-17(19)13-21(15(2)27)25(23)29-30(3)28-24(20)22/h4-13H,1-3H3. The van der Waals surface area contributed by atoms with E-state index in [2.05, 4.69) is 0 Å². The Morgan fingerprint density at radius 1 is 0.700 bits per heavy atom. The first-order valence-electron chi connectivity index (χ1n) is 9.69. The average Bonchev–Trinajstić information content (AvgIpc) is 2.88. The van der Waals surface area contributed by atoms with Crippen LogP contribution in [0.2, 0.25) is 0 Å². The molecule has 0 fully saturated rings. The molecule has 1 heterocycles. The van der Waals surface area contributed by atoms with Gasteiger partial charge in [0.2, 0.25) is 8.01 Å². The summed E-state index contributed by atoms with van der Waals surface area (Å²) in [6.07, 6.45) is 0. The van der Waals surface area contributed by atoms with Crippen molar-refractivity contribution in [3.63, 3.8) is 0 Å². The number of carbonyl (C=O) groups is 2. The van der Waals surface area contributed by atoms with Crippen molar-refractivity contribution in [2.45, 2.75) is 13.8 Å². The number of hydrogen-bond donors (Lipinski definition) is 0. The fourth-order valence-electron chi connectivity index (χ4n) is 4.14. The van der Waals surface area contributed by atoms with Crippen molar-refractivity contribution in [2.75, 3.05) is 0 Å². The molecule has 0 aliphatic carbocycles. The van der Waals surface area contributed by atoms with E-state index in [0.717, 1.165) is 32.3 Å². The number of fused-ring (bicyclic) bond motifs is 7. The Kier molecular flexibility index (Phi) is 4.27. The van der Waals surface area contributed by atoms with Crippen LogP contribution in [0.1, 0.15) is 34.6 Å². The van der Waals surface area contributed by atoms with Gasteiger partial charge in [0.25, 0.3) is 0 Å². The molecular formula is C25H19O4P. The Bertz CT molecular complexity index is 1440. The summed E-state index contributed by atoms with van der Waals surface area (Å²) in [6, 6.07) is 19.6. The molecule has 5 rings (SSSR count). The van der Waals surface area contributed by atoms with Gasteiger partial charge in [0, 0.05) is 17.4 Å². The second-order valence-electron chi connectivity index (χ2n) is 7.43. The third kappa shape index (κ3) is 2.76. The van der Waals surface area contributed by atoms with Gasteiger partial charge >= 0.3 is 0 Å². The lowest BCUT2D eigenvalue weighted by atomic mass is 9.93. The van der Waals surface area contributed by atoms with Crippen LogP contribution >= 0.6 is 8.01 Å². The summed E-state index contributed by atoms with van der Waals surface area (Å²) in [4.78, 5) is 25.1. The van der Waals surface area contributed by atoms with Crippen LogP contribution in [0.5, 0.6) is 0 Å². The molecule has 0 N–H and O–H groups in total. The van der Waals surface area contributed by atoms with Crippen LogP contribution in [-0.2, 0) is 6.66 Å². The second-order valence-corrected chi connectivity index (χ2v) is 8.68. The van der Waals surface area contributed by atoms with Crippen molar-refractivity contribution in [3.05, 3.63) is 71.8 Å². The lowest BCUT2D eigenvalue weighted by Crippen LogP contribution is -1.96. The lowest BCUT2D eigenvalue weighted by molar-refractivity contribution is 0.101. The van der Waals surface area contributed by atoms with E-state index in [0.29, 0.717) is 22.3 Å². The number of aryl methyl sites for hydroxylation is 1. The Labute approximate surface area is 173 Å². The summed E-state index contributed by atoms with van der Waals surface area (Å²) >= 11 is 0. The maximum absolute atomic E-state index is 12.6. The average molecular weight is 414 g/mol. The maximum Gasteiger partial charge on any atom is 0.213 e. The fraction of sp³-hybridized carbons (Fsp3) is 0.120. The molecule has 1 aromatic heterocycles. The van der Waals surface area contributed by atoms with Crippen molar-refractivity contribution in [2.24, 2.45) is 6.66 Å². The Morgan fingerprint density at radius 3 is 1.50 bits per heavy atom. The van der Waals surface area contributed by atoms with Crippen molar-refractivity contribution < 1.29 is 18.0 Å². The molecule has 0 atom stereocenters. The van der Waals surface area contributed by atoms with Gasteiger partial charge in [-0.2, -0.15) is 0 Å². The smallest absolute Gasteiger partial charge is 0.213 e. The van der Waals surface area contributed by atoms with Crippen molar-refractivity contribution >= 4 is 63.1 Å². The number of ketones is 2. The van der Waals surface area contributed by atoms with Crippen LogP contribution in [0.15, 0.2) is 69.1 Å². The minimum absolute atomic E-state index is 0.0733. The monoisotopic (exact) mass is 414 g/mol. The molecule has 5 heteroatoms. The van der Waals surface area contributed by atoms with E-state index in [1.54, 1.807) is 13.8 Å². The number of carbonyl (C=O) groups excluding carboxylic acids is 2. The molecule has 0 saturated carbocycles. The van der Waals surface area contributed by atoms with Crippen molar-refractivity contribution in [1.29, 1.82) is 0 Å². The van der Waals surface area contributed by atoms with Crippen LogP contribution < -0.4 is 0 Å². The molecule has 4 aromatic carbocycles. The zero-order valence-corrected chi connectivity index (χ0v) is 17.7. The highest BCUT2D eigenvalue weighted by atomic mass is 31.1. The van der Waals surface area contributed by atoms with Gasteiger partial charge in [0.05, 0.1) is 11.1 Å². The third-order valence-corrected chi connectivity index (χ3v) is 6.33. The maximum atomic E-state index is 12.6. The predicted octanol–water partition coefficient (Wildman–Crippen LogP) is 7.54. The van der Waals surface area contributed by atoms with E-state index >= 15 is 0 Å². The molecule has 5 aromatic rings. The van der Waals surface area contributed by atoms with Gasteiger partial charge in [-0.3, -0.25) is 9.59 Å². The summed E-state index contributed by atoms with van der Waals surface area (Å²) in [6.45, 7) is 4.93.